The molecular weight excluding hydrogens is 410 g/mol. The van der Waals surface area contributed by atoms with Crippen molar-refractivity contribution in [3.05, 3.63) is 35.2 Å². The highest BCUT2D eigenvalue weighted by Crippen LogP contribution is 2.17. The molecule has 1 fully saturated rings. The predicted octanol–water partition coefficient (Wildman–Crippen LogP) is 2.45. The molecule has 0 unspecified atom stereocenters. The number of carbonyl (C=O) groups is 3. The average molecular weight is 442 g/mol. The van der Waals surface area contributed by atoms with E-state index < -0.39 is 11.7 Å². The summed E-state index contributed by atoms with van der Waals surface area (Å²) in [4.78, 5) is 49.8. The van der Waals surface area contributed by atoms with Gasteiger partial charge in [-0.05, 0) is 59.2 Å². The lowest BCUT2D eigenvalue weighted by Gasteiger charge is -2.23. The Balaban J connectivity index is 1.59. The molecule has 2 heterocycles. The topological polar surface area (TPSA) is 105 Å². The van der Waals surface area contributed by atoms with Crippen molar-refractivity contribution in [3.8, 4) is 0 Å². The molecule has 172 valence electrons. The molecule has 1 N–H and O–H groups in total. The number of amides is 3. The largest absolute Gasteiger partial charge is 0.444 e. The van der Waals surface area contributed by atoms with Gasteiger partial charge >= 0.3 is 6.09 Å². The van der Waals surface area contributed by atoms with Gasteiger partial charge in [0.15, 0.2) is 0 Å². The number of benzene rings is 1. The predicted molar refractivity (Wildman–Crippen MR) is 120 cm³/mol. The number of alkyl carbamates (subject to hydrolysis) is 1. The summed E-state index contributed by atoms with van der Waals surface area (Å²) in [6.45, 7) is 10.9. The summed E-state index contributed by atoms with van der Waals surface area (Å²) in [6.07, 6.45) is 0.0394. The molecule has 32 heavy (non-hydrogen) atoms. The minimum absolute atomic E-state index is 0.0897. The molecule has 0 radical (unpaired) electrons. The molecule has 0 spiro atoms. The van der Waals surface area contributed by atoms with E-state index in [-0.39, 0.29) is 18.4 Å². The van der Waals surface area contributed by atoms with Gasteiger partial charge in [0.25, 0.3) is 5.91 Å². The highest BCUT2D eigenvalue weighted by molar-refractivity contribution is 5.97. The first-order chi connectivity index (χ1) is 15.0. The molecular formula is C23H31N5O4. The van der Waals surface area contributed by atoms with E-state index in [2.05, 4.69) is 15.3 Å². The first kappa shape index (κ1) is 23.4. The maximum absolute atomic E-state index is 13.1. The number of fused-ring (bicyclic) bond motifs is 1. The Morgan fingerprint density at radius 2 is 1.59 bits per heavy atom. The molecule has 1 aliphatic heterocycles. The Bertz CT molecular complexity index is 1030. The number of nitrogens with zero attached hydrogens (tertiary/aromatic N) is 4. The lowest BCUT2D eigenvalue weighted by atomic mass is 10.1. The van der Waals surface area contributed by atoms with Crippen LogP contribution in [0.2, 0.25) is 0 Å². The highest BCUT2D eigenvalue weighted by atomic mass is 16.6. The molecule has 2 aromatic rings. The Morgan fingerprint density at radius 1 is 0.969 bits per heavy atom. The number of rotatable bonds is 3. The second-order valence-corrected chi connectivity index (χ2v) is 8.98. The number of hydrogen-bond acceptors (Lipinski definition) is 6. The van der Waals surface area contributed by atoms with Crippen molar-refractivity contribution in [2.75, 3.05) is 32.7 Å². The van der Waals surface area contributed by atoms with Crippen LogP contribution in [0.3, 0.4) is 0 Å². The van der Waals surface area contributed by atoms with Gasteiger partial charge in [-0.25, -0.2) is 14.8 Å². The molecule has 0 bridgehead atoms. The van der Waals surface area contributed by atoms with E-state index in [4.69, 9.17) is 4.74 Å². The zero-order chi connectivity index (χ0) is 23.5. The fourth-order valence-corrected chi connectivity index (χ4v) is 3.49. The van der Waals surface area contributed by atoms with E-state index in [9.17, 15) is 14.4 Å². The van der Waals surface area contributed by atoms with E-state index in [1.807, 2.05) is 19.9 Å². The summed E-state index contributed by atoms with van der Waals surface area (Å²) in [5, 5.41) is 2.50. The summed E-state index contributed by atoms with van der Waals surface area (Å²) in [5.74, 6) is -0.287. The van der Waals surface area contributed by atoms with E-state index in [0.717, 1.165) is 16.9 Å². The van der Waals surface area contributed by atoms with Crippen molar-refractivity contribution in [1.29, 1.82) is 0 Å². The van der Waals surface area contributed by atoms with Crippen molar-refractivity contribution in [2.24, 2.45) is 0 Å². The standard InChI is InChI=1S/C23H31N5O4/c1-15-16(2)26-19-13-17(7-8-18(19)25-15)21(30)28-10-6-9-27(11-12-28)20(29)14-24-22(31)32-23(3,4)5/h7-8,13H,6,9-12,14H2,1-5H3,(H,24,31). The van der Waals surface area contributed by atoms with E-state index in [0.29, 0.717) is 43.7 Å². The Hall–Kier alpha value is -3.23. The van der Waals surface area contributed by atoms with Gasteiger partial charge in [-0.2, -0.15) is 0 Å². The van der Waals surface area contributed by atoms with Gasteiger partial charge in [0.05, 0.1) is 22.4 Å². The van der Waals surface area contributed by atoms with Gasteiger partial charge in [-0.3, -0.25) is 9.59 Å². The van der Waals surface area contributed by atoms with Crippen LogP contribution in [0.1, 0.15) is 48.9 Å². The fourth-order valence-electron chi connectivity index (χ4n) is 3.49. The lowest BCUT2D eigenvalue weighted by molar-refractivity contribution is -0.130. The third kappa shape index (κ3) is 5.93. The van der Waals surface area contributed by atoms with E-state index in [1.165, 1.54) is 0 Å². The first-order valence-corrected chi connectivity index (χ1v) is 10.8. The molecule has 1 aliphatic rings. The summed E-state index contributed by atoms with van der Waals surface area (Å²) in [7, 11) is 0. The molecule has 1 aromatic heterocycles. The van der Waals surface area contributed by atoms with Crippen molar-refractivity contribution in [1.82, 2.24) is 25.1 Å². The van der Waals surface area contributed by atoms with Crippen LogP contribution in [0.4, 0.5) is 4.79 Å². The van der Waals surface area contributed by atoms with Crippen LogP contribution >= 0.6 is 0 Å². The van der Waals surface area contributed by atoms with Gasteiger partial charge in [0, 0.05) is 31.7 Å². The van der Waals surface area contributed by atoms with Crippen molar-refractivity contribution in [2.45, 2.75) is 46.6 Å². The third-order valence-electron chi connectivity index (χ3n) is 5.24. The Labute approximate surface area is 188 Å². The monoisotopic (exact) mass is 441 g/mol. The summed E-state index contributed by atoms with van der Waals surface area (Å²) in [6, 6.07) is 5.36. The quantitative estimate of drug-likeness (QED) is 0.785. The zero-order valence-corrected chi connectivity index (χ0v) is 19.4. The molecule has 3 amide bonds. The minimum atomic E-state index is -0.623. The Morgan fingerprint density at radius 3 is 2.28 bits per heavy atom. The van der Waals surface area contributed by atoms with Crippen molar-refractivity contribution in [3.63, 3.8) is 0 Å². The number of hydrogen-bond donors (Lipinski definition) is 1. The minimum Gasteiger partial charge on any atom is -0.444 e. The summed E-state index contributed by atoms with van der Waals surface area (Å²) >= 11 is 0. The normalized spacial score (nSPS) is 14.8. The van der Waals surface area contributed by atoms with Crippen LogP contribution in [0, 0.1) is 13.8 Å². The number of aromatic nitrogens is 2. The number of aryl methyl sites for hydroxylation is 2. The molecule has 0 atom stereocenters. The molecule has 9 heteroatoms. The van der Waals surface area contributed by atoms with Crippen molar-refractivity contribution < 1.29 is 19.1 Å². The van der Waals surface area contributed by atoms with E-state index >= 15 is 0 Å². The number of nitrogens with one attached hydrogen (secondary N) is 1. The molecule has 1 saturated heterocycles. The van der Waals surface area contributed by atoms with Gasteiger partial charge < -0.3 is 19.9 Å². The molecule has 3 rings (SSSR count). The third-order valence-corrected chi connectivity index (χ3v) is 5.24. The van der Waals surface area contributed by atoms with Gasteiger partial charge in [-0.15, -0.1) is 0 Å². The van der Waals surface area contributed by atoms with Crippen molar-refractivity contribution >= 4 is 28.9 Å². The van der Waals surface area contributed by atoms with E-state index in [1.54, 1.807) is 42.7 Å². The van der Waals surface area contributed by atoms with Crippen LogP contribution in [-0.4, -0.2) is 76.0 Å². The molecule has 0 saturated carbocycles. The second kappa shape index (κ2) is 9.50. The molecule has 1 aromatic carbocycles. The summed E-state index contributed by atoms with van der Waals surface area (Å²) < 4.78 is 5.16. The SMILES string of the molecule is Cc1nc2ccc(C(=O)N3CCCN(C(=O)CNC(=O)OC(C)(C)C)CC3)cc2nc1C. The Kier molecular flexibility index (Phi) is 6.96. The number of carbonyl (C=O) groups excluding carboxylic acids is 3. The van der Waals surface area contributed by atoms with Crippen LogP contribution in [0.5, 0.6) is 0 Å². The van der Waals surface area contributed by atoms with Gasteiger partial charge in [0.2, 0.25) is 5.91 Å². The maximum atomic E-state index is 13.1. The van der Waals surface area contributed by atoms with Crippen LogP contribution in [0.25, 0.3) is 11.0 Å². The van der Waals surface area contributed by atoms with Crippen LogP contribution < -0.4 is 5.32 Å². The lowest BCUT2D eigenvalue weighted by Crippen LogP contribution is -2.43. The smallest absolute Gasteiger partial charge is 0.408 e. The zero-order valence-electron chi connectivity index (χ0n) is 19.4. The van der Waals surface area contributed by atoms with Crippen LogP contribution in [-0.2, 0) is 9.53 Å². The fraction of sp³-hybridized carbons (Fsp3) is 0.522. The van der Waals surface area contributed by atoms with Gasteiger partial charge in [0.1, 0.15) is 12.1 Å². The average Bonchev–Trinajstić information content (AvgIpc) is 2.97. The molecule has 9 nitrogen and oxygen atoms in total. The highest BCUT2D eigenvalue weighted by Gasteiger charge is 2.24. The first-order valence-electron chi connectivity index (χ1n) is 10.8. The number of ether oxygens (including phenoxy) is 1. The van der Waals surface area contributed by atoms with Crippen LogP contribution in [0.15, 0.2) is 18.2 Å². The second-order valence-electron chi connectivity index (χ2n) is 8.98. The maximum Gasteiger partial charge on any atom is 0.408 e. The molecule has 0 aliphatic carbocycles. The summed E-state index contributed by atoms with van der Waals surface area (Å²) in [5.41, 5.74) is 3.10. The van der Waals surface area contributed by atoms with Gasteiger partial charge in [-0.1, -0.05) is 0 Å².